The van der Waals surface area contributed by atoms with Crippen LogP contribution >= 0.6 is 11.6 Å². The average Bonchev–Trinajstić information content (AvgIpc) is 3.76. The predicted octanol–water partition coefficient (Wildman–Crippen LogP) is 9.10. The van der Waals surface area contributed by atoms with E-state index in [1.165, 1.54) is 29.0 Å². The number of halogens is 1. The Morgan fingerprint density at radius 1 is 1.02 bits per heavy atom. The summed E-state index contributed by atoms with van der Waals surface area (Å²) in [7, 11) is -2.51. The largest absolute Gasteiger partial charge is 0.493 e. The van der Waals surface area contributed by atoms with Gasteiger partial charge in [-0.15, -0.1) is 0 Å². The summed E-state index contributed by atoms with van der Waals surface area (Å²) in [6, 6.07) is 19.2. The first-order chi connectivity index (χ1) is 31.2. The van der Waals surface area contributed by atoms with E-state index in [0.717, 1.165) is 107 Å². The fourth-order valence-corrected chi connectivity index (χ4v) is 11.1. The summed E-state index contributed by atoms with van der Waals surface area (Å²) in [6.45, 7) is 11.0. The van der Waals surface area contributed by atoms with Gasteiger partial charge in [0.2, 0.25) is 0 Å². The average molecular weight is 923 g/mol. The molecule has 3 aromatic carbocycles. The number of likely N-dealkylation sites (tertiary alicyclic amines) is 1. The van der Waals surface area contributed by atoms with Crippen molar-refractivity contribution in [2.24, 2.45) is 17.3 Å². The number of H-pyrrole nitrogens is 1. The molecule has 0 spiro atoms. The van der Waals surface area contributed by atoms with E-state index < -0.39 is 25.7 Å². The second kappa shape index (κ2) is 18.4. The fraction of sp³-hybridized carbons (Fsp3) is 0.429. The Balaban J connectivity index is 0.933. The molecule has 342 valence electrons. The molecule has 16 heteroatoms. The van der Waals surface area contributed by atoms with Crippen molar-refractivity contribution in [1.82, 2.24) is 24.5 Å². The number of carbonyl (C=O) groups is 1. The number of allylic oxidation sites excluding steroid dienone is 1. The van der Waals surface area contributed by atoms with Crippen molar-refractivity contribution >= 4 is 55.5 Å². The van der Waals surface area contributed by atoms with Crippen LogP contribution in [0.3, 0.4) is 0 Å². The molecule has 0 saturated carbocycles. The minimum absolute atomic E-state index is 0.0347. The quantitative estimate of drug-likeness (QED) is 0.0907. The highest BCUT2D eigenvalue weighted by molar-refractivity contribution is 7.90. The Labute approximate surface area is 385 Å². The number of nitrogens with zero attached hydrogens (tertiary/aromatic N) is 5. The summed E-state index contributed by atoms with van der Waals surface area (Å²) >= 11 is 6.25. The minimum atomic E-state index is -4.62. The molecule has 65 heavy (non-hydrogen) atoms. The monoisotopic (exact) mass is 921 g/mol. The first-order valence-corrected chi connectivity index (χ1v) is 24.4. The number of anilines is 1. The van der Waals surface area contributed by atoms with Crippen LogP contribution in [0.15, 0.2) is 89.6 Å². The molecule has 14 nitrogen and oxygen atoms in total. The molecule has 5 aromatic rings. The van der Waals surface area contributed by atoms with Crippen LogP contribution in [0.25, 0.3) is 16.6 Å². The lowest BCUT2D eigenvalue weighted by Crippen LogP contribution is -2.47. The van der Waals surface area contributed by atoms with Crippen LogP contribution < -0.4 is 19.1 Å². The van der Waals surface area contributed by atoms with Crippen molar-refractivity contribution in [2.45, 2.75) is 63.7 Å². The maximum Gasteiger partial charge on any atom is 0.277 e. The molecule has 9 rings (SSSR count). The van der Waals surface area contributed by atoms with Gasteiger partial charge >= 0.3 is 0 Å². The number of nitro groups is 1. The number of pyridine rings is 1. The number of hydrogen-bond donors (Lipinski definition) is 2. The van der Waals surface area contributed by atoms with Crippen molar-refractivity contribution in [1.29, 1.82) is 0 Å². The molecule has 2 fully saturated rings. The van der Waals surface area contributed by atoms with Gasteiger partial charge in [0.1, 0.15) is 22.9 Å². The summed E-state index contributed by atoms with van der Waals surface area (Å²) in [6.07, 6.45) is 9.93. The molecule has 1 amide bonds. The van der Waals surface area contributed by atoms with Crippen molar-refractivity contribution in [3.05, 3.63) is 117 Å². The maximum atomic E-state index is 14.1. The number of hydrogen-bond acceptors (Lipinski definition) is 11. The van der Waals surface area contributed by atoms with Crippen LogP contribution in [0, 0.1) is 27.4 Å². The van der Waals surface area contributed by atoms with Gasteiger partial charge in [-0.2, -0.15) is 0 Å². The van der Waals surface area contributed by atoms with Gasteiger partial charge in [-0.05, 0) is 130 Å². The Bertz CT molecular complexity index is 2740. The number of nitro benzene ring substituents is 1. The number of benzene rings is 3. The van der Waals surface area contributed by atoms with E-state index >= 15 is 0 Å². The number of fused-ring (bicyclic) bond motifs is 2. The van der Waals surface area contributed by atoms with Crippen molar-refractivity contribution < 1.29 is 27.6 Å². The lowest BCUT2D eigenvalue weighted by Gasteiger charge is -2.39. The Kier molecular flexibility index (Phi) is 12.7. The van der Waals surface area contributed by atoms with Crippen LogP contribution in [0.5, 0.6) is 17.2 Å². The molecule has 0 unspecified atom stereocenters. The molecule has 2 saturated heterocycles. The number of carbonyl (C=O) groups excluding carboxylic acids is 1. The summed E-state index contributed by atoms with van der Waals surface area (Å²) in [5.74, 6) is 0.270. The smallest absolute Gasteiger partial charge is 0.277 e. The third-order valence-corrected chi connectivity index (χ3v) is 15.3. The van der Waals surface area contributed by atoms with Crippen LogP contribution in [0.4, 0.5) is 11.4 Å². The highest BCUT2D eigenvalue weighted by Crippen LogP contribution is 2.44. The van der Waals surface area contributed by atoms with Gasteiger partial charge in [-0.3, -0.25) is 19.8 Å². The number of ether oxygens (including phenoxy) is 2. The van der Waals surface area contributed by atoms with E-state index in [-0.39, 0.29) is 34.1 Å². The van der Waals surface area contributed by atoms with Crippen LogP contribution in [0.1, 0.15) is 73.9 Å². The molecular formula is C49H56ClN7O7S. The number of amides is 1. The zero-order valence-electron chi connectivity index (χ0n) is 37.1. The molecule has 1 atom stereocenters. The molecule has 4 aliphatic rings. The summed E-state index contributed by atoms with van der Waals surface area (Å²) < 4.78 is 42.5. The molecule has 3 aliphatic heterocycles. The van der Waals surface area contributed by atoms with Gasteiger partial charge in [-0.25, -0.2) is 18.1 Å². The van der Waals surface area contributed by atoms with E-state index in [9.17, 15) is 23.3 Å². The van der Waals surface area contributed by atoms with Gasteiger partial charge in [0.25, 0.3) is 21.6 Å². The Morgan fingerprint density at radius 2 is 1.78 bits per heavy atom. The number of aromatic amines is 1. The Morgan fingerprint density at radius 3 is 2.54 bits per heavy atom. The first-order valence-electron chi connectivity index (χ1n) is 22.6. The molecular weight excluding hydrogens is 866 g/mol. The van der Waals surface area contributed by atoms with Crippen molar-refractivity contribution in [3.8, 4) is 17.2 Å². The first kappa shape index (κ1) is 44.7. The van der Waals surface area contributed by atoms with Crippen LogP contribution in [-0.2, 0) is 16.4 Å². The number of sulfonamides is 1. The SMILES string of the molecule is CN1CCC(C[C@@H]2COc3cc(S(=O)(=O)NC(=O)c4ccc(N5CCN(CC6=C(c7ccc(Cl)cc7)CC(C)(C)CC6)CC5)cc4Oc4cnc5[nH]ccc5c4)cc([N+](=O)[O-])c3C2)CC1. The van der Waals surface area contributed by atoms with Crippen LogP contribution in [-0.4, -0.2) is 98.5 Å². The zero-order valence-corrected chi connectivity index (χ0v) is 38.7. The number of rotatable bonds is 12. The number of aromatic nitrogens is 2. The van der Waals surface area contributed by atoms with E-state index in [1.54, 1.807) is 30.5 Å². The molecule has 1 aliphatic carbocycles. The van der Waals surface area contributed by atoms with Gasteiger partial charge in [-0.1, -0.05) is 43.2 Å². The van der Waals surface area contributed by atoms with Crippen molar-refractivity contribution in [2.75, 3.05) is 64.4 Å². The van der Waals surface area contributed by atoms with Gasteiger partial charge in [0.05, 0.1) is 33.7 Å². The molecule has 0 radical (unpaired) electrons. The third kappa shape index (κ3) is 10.2. The fourth-order valence-electron chi connectivity index (χ4n) is 9.95. The van der Waals surface area contributed by atoms with E-state index in [4.69, 9.17) is 21.1 Å². The second-order valence-corrected chi connectivity index (χ2v) is 21.2. The van der Waals surface area contributed by atoms with Gasteiger partial charge in [0.15, 0.2) is 0 Å². The molecule has 2 aromatic heterocycles. The lowest BCUT2D eigenvalue weighted by molar-refractivity contribution is -0.386. The number of piperazine rings is 1. The molecule has 5 heterocycles. The summed E-state index contributed by atoms with van der Waals surface area (Å²) in [5, 5.41) is 13.9. The Hall–Kier alpha value is -5.48. The maximum absolute atomic E-state index is 14.1. The second-order valence-electron chi connectivity index (χ2n) is 19.0. The van der Waals surface area contributed by atoms with E-state index in [2.05, 4.69) is 62.4 Å². The standard InChI is InChI=1S/C49H56ClN7O7S/c1-49(2)14-10-36(43(28-49)34-4-6-37(50)7-5-34)30-55-18-20-56(21-19-55)38-8-9-41(46(25-38)64-39-24-35-11-15-51-47(35)52-29-39)48(58)53-65(61,62)40-26-44(57(59)60)42-23-33(31-63-45(42)27-40)22-32-12-16-54(3)17-13-32/h4-9,11,15,24-27,29,32-33H,10,12-14,16-23,28,30-31H2,1-3H3,(H,51,52)(H,53,58)/t33-/m0/s1. The highest BCUT2D eigenvalue weighted by atomic mass is 35.5. The normalized spacial score (nSPS) is 19.8. The summed E-state index contributed by atoms with van der Waals surface area (Å²) in [4.78, 5) is 40.0. The van der Waals surface area contributed by atoms with Crippen molar-refractivity contribution in [3.63, 3.8) is 0 Å². The van der Waals surface area contributed by atoms with Gasteiger partial charge in [0, 0.05) is 73.2 Å². The predicted molar refractivity (Wildman–Crippen MR) is 253 cm³/mol. The third-order valence-electron chi connectivity index (χ3n) is 13.7. The summed E-state index contributed by atoms with van der Waals surface area (Å²) in [5.41, 5.74) is 5.81. The minimum Gasteiger partial charge on any atom is -0.493 e. The highest BCUT2D eigenvalue weighted by Gasteiger charge is 2.34. The number of piperidine rings is 1. The zero-order chi connectivity index (χ0) is 45.5. The molecule has 0 bridgehead atoms. The van der Waals surface area contributed by atoms with Gasteiger partial charge < -0.3 is 24.3 Å². The lowest BCUT2D eigenvalue weighted by atomic mass is 9.72. The van der Waals surface area contributed by atoms with E-state index in [1.807, 2.05) is 18.2 Å². The molecule has 2 N–H and O–H groups in total. The number of nitrogens with one attached hydrogen (secondary N) is 2. The topological polar surface area (TPSA) is 163 Å². The van der Waals surface area contributed by atoms with Crippen LogP contribution in [0.2, 0.25) is 5.02 Å². The van der Waals surface area contributed by atoms with E-state index in [0.29, 0.717) is 35.9 Å².